The molecule has 1 aliphatic heterocycles. The maximum atomic E-state index is 12.6. The standard InChI is InChI=1S/C22H26N4O2S2/c1-2-28-17-6-4-16(5-7-17)18-14-30-22-20(18)21(24-15-25-22)29-13-8-19(27)26-11-3-9-23-10-12-26/h4-7,14-15,23H,2-3,8-13H2,1H3. The van der Waals surface area contributed by atoms with Crippen LogP contribution in [0.5, 0.6) is 5.75 Å². The summed E-state index contributed by atoms with van der Waals surface area (Å²) in [7, 11) is 0. The summed E-state index contributed by atoms with van der Waals surface area (Å²) in [5, 5.41) is 7.49. The Kier molecular flexibility index (Phi) is 7.20. The number of nitrogens with one attached hydrogen (secondary N) is 1. The Balaban J connectivity index is 1.47. The minimum absolute atomic E-state index is 0.230. The molecule has 8 heteroatoms. The summed E-state index contributed by atoms with van der Waals surface area (Å²) >= 11 is 3.26. The fraction of sp³-hybridized carbons (Fsp3) is 0.409. The van der Waals surface area contributed by atoms with Crippen LogP contribution in [0, 0.1) is 0 Å². The van der Waals surface area contributed by atoms with E-state index in [1.807, 2.05) is 24.0 Å². The minimum Gasteiger partial charge on any atom is -0.494 e. The smallest absolute Gasteiger partial charge is 0.223 e. The maximum Gasteiger partial charge on any atom is 0.223 e. The molecule has 0 radical (unpaired) electrons. The second-order valence-electron chi connectivity index (χ2n) is 7.05. The average molecular weight is 443 g/mol. The monoisotopic (exact) mass is 442 g/mol. The van der Waals surface area contributed by atoms with Gasteiger partial charge in [0.25, 0.3) is 0 Å². The van der Waals surface area contributed by atoms with E-state index in [0.29, 0.717) is 18.8 Å². The van der Waals surface area contributed by atoms with Crippen LogP contribution in [0.25, 0.3) is 21.3 Å². The second kappa shape index (κ2) is 10.2. The van der Waals surface area contributed by atoms with Gasteiger partial charge in [-0.25, -0.2) is 9.97 Å². The number of fused-ring (bicyclic) bond motifs is 1. The predicted molar refractivity (Wildman–Crippen MR) is 123 cm³/mol. The van der Waals surface area contributed by atoms with Crippen molar-refractivity contribution >= 4 is 39.2 Å². The molecule has 3 heterocycles. The van der Waals surface area contributed by atoms with Gasteiger partial charge in [0.2, 0.25) is 5.91 Å². The number of hydrogen-bond acceptors (Lipinski definition) is 7. The highest BCUT2D eigenvalue weighted by atomic mass is 32.2. The number of carbonyl (C=O) groups excluding carboxylic acids is 1. The molecule has 4 rings (SSSR count). The van der Waals surface area contributed by atoms with E-state index in [2.05, 4.69) is 32.8 Å². The number of benzene rings is 1. The number of hydrogen-bond donors (Lipinski definition) is 1. The Morgan fingerprint density at radius 2 is 2.10 bits per heavy atom. The summed E-state index contributed by atoms with van der Waals surface area (Å²) in [4.78, 5) is 24.5. The summed E-state index contributed by atoms with van der Waals surface area (Å²) in [6.45, 7) is 6.15. The zero-order chi connectivity index (χ0) is 20.8. The molecule has 0 bridgehead atoms. The molecule has 0 spiro atoms. The van der Waals surface area contributed by atoms with Crippen molar-refractivity contribution in [2.75, 3.05) is 38.5 Å². The van der Waals surface area contributed by atoms with Crippen LogP contribution < -0.4 is 10.1 Å². The van der Waals surface area contributed by atoms with E-state index in [4.69, 9.17) is 4.74 Å². The molecule has 1 aliphatic rings. The quantitative estimate of drug-likeness (QED) is 0.440. The van der Waals surface area contributed by atoms with Gasteiger partial charge in [0, 0.05) is 42.8 Å². The van der Waals surface area contributed by atoms with Crippen LogP contribution in [0.4, 0.5) is 0 Å². The van der Waals surface area contributed by atoms with Crippen LogP contribution in [0.3, 0.4) is 0 Å². The summed E-state index contributed by atoms with van der Waals surface area (Å²) in [5.74, 6) is 1.82. The number of nitrogens with zero attached hydrogens (tertiary/aromatic N) is 3. The highest BCUT2D eigenvalue weighted by Crippen LogP contribution is 2.38. The Bertz CT molecular complexity index is 982. The zero-order valence-electron chi connectivity index (χ0n) is 17.1. The van der Waals surface area contributed by atoms with Crippen molar-refractivity contribution in [2.24, 2.45) is 0 Å². The number of amides is 1. The van der Waals surface area contributed by atoms with Crippen molar-refractivity contribution < 1.29 is 9.53 Å². The number of thiophene rings is 1. The van der Waals surface area contributed by atoms with Gasteiger partial charge in [-0.1, -0.05) is 12.1 Å². The van der Waals surface area contributed by atoms with Crippen molar-refractivity contribution in [3.8, 4) is 16.9 Å². The number of thioether (sulfide) groups is 1. The van der Waals surface area contributed by atoms with Crippen LogP contribution in [-0.2, 0) is 4.79 Å². The third-order valence-corrected chi connectivity index (χ3v) is 6.94. The molecule has 0 atom stereocenters. The van der Waals surface area contributed by atoms with E-state index in [-0.39, 0.29) is 5.91 Å². The van der Waals surface area contributed by atoms with E-state index in [9.17, 15) is 4.79 Å². The highest BCUT2D eigenvalue weighted by Gasteiger charge is 2.17. The largest absolute Gasteiger partial charge is 0.494 e. The first-order valence-corrected chi connectivity index (χ1v) is 12.2. The van der Waals surface area contributed by atoms with E-state index in [1.54, 1.807) is 29.4 Å². The lowest BCUT2D eigenvalue weighted by Gasteiger charge is -2.19. The predicted octanol–water partition coefficient (Wildman–Crippen LogP) is 4.06. The fourth-order valence-electron chi connectivity index (χ4n) is 3.56. The van der Waals surface area contributed by atoms with Gasteiger partial charge >= 0.3 is 0 Å². The molecular formula is C22H26N4O2S2. The zero-order valence-corrected chi connectivity index (χ0v) is 18.7. The molecule has 30 heavy (non-hydrogen) atoms. The highest BCUT2D eigenvalue weighted by molar-refractivity contribution is 7.99. The first-order valence-electron chi connectivity index (χ1n) is 10.3. The normalized spacial score (nSPS) is 14.6. The van der Waals surface area contributed by atoms with Crippen LogP contribution in [-0.4, -0.2) is 59.3 Å². The van der Waals surface area contributed by atoms with Gasteiger partial charge in [0.15, 0.2) is 0 Å². The van der Waals surface area contributed by atoms with Crippen LogP contribution in [0.15, 0.2) is 41.0 Å². The van der Waals surface area contributed by atoms with Gasteiger partial charge in [-0.2, -0.15) is 0 Å². The summed E-state index contributed by atoms with van der Waals surface area (Å²) in [5.41, 5.74) is 2.25. The van der Waals surface area contributed by atoms with Crippen LogP contribution in [0.1, 0.15) is 19.8 Å². The lowest BCUT2D eigenvalue weighted by atomic mass is 10.1. The van der Waals surface area contributed by atoms with Crippen molar-refractivity contribution in [1.82, 2.24) is 20.2 Å². The Hall–Kier alpha value is -2.16. The van der Waals surface area contributed by atoms with E-state index < -0.39 is 0 Å². The molecule has 3 aromatic rings. The van der Waals surface area contributed by atoms with Gasteiger partial charge in [-0.15, -0.1) is 23.1 Å². The summed E-state index contributed by atoms with van der Waals surface area (Å²) < 4.78 is 5.56. The number of aromatic nitrogens is 2. The molecule has 1 fully saturated rings. The molecular weight excluding hydrogens is 416 g/mol. The van der Waals surface area contributed by atoms with Crippen molar-refractivity contribution in [3.05, 3.63) is 36.0 Å². The van der Waals surface area contributed by atoms with Gasteiger partial charge < -0.3 is 15.0 Å². The molecule has 158 valence electrons. The Morgan fingerprint density at radius 1 is 1.23 bits per heavy atom. The van der Waals surface area contributed by atoms with E-state index in [0.717, 1.165) is 64.7 Å². The van der Waals surface area contributed by atoms with Crippen molar-refractivity contribution in [1.29, 1.82) is 0 Å². The third-order valence-electron chi connectivity index (χ3n) is 5.06. The van der Waals surface area contributed by atoms with Gasteiger partial charge in [0.1, 0.15) is 21.9 Å². The molecule has 1 N–H and O–H groups in total. The fourth-order valence-corrected chi connectivity index (χ4v) is 5.48. The molecule has 2 aromatic heterocycles. The Labute approximate surface area is 185 Å². The van der Waals surface area contributed by atoms with Gasteiger partial charge in [0.05, 0.1) is 12.0 Å². The third kappa shape index (κ3) is 4.94. The molecule has 1 saturated heterocycles. The summed E-state index contributed by atoms with van der Waals surface area (Å²) in [6.07, 6.45) is 3.16. The lowest BCUT2D eigenvalue weighted by molar-refractivity contribution is -0.130. The van der Waals surface area contributed by atoms with Crippen molar-refractivity contribution in [3.63, 3.8) is 0 Å². The van der Waals surface area contributed by atoms with Crippen LogP contribution >= 0.6 is 23.1 Å². The first-order chi connectivity index (χ1) is 14.8. The molecule has 0 aliphatic carbocycles. The molecule has 0 unspecified atom stereocenters. The minimum atomic E-state index is 0.230. The molecule has 0 saturated carbocycles. The second-order valence-corrected chi connectivity index (χ2v) is 8.99. The topological polar surface area (TPSA) is 67.4 Å². The Morgan fingerprint density at radius 3 is 2.93 bits per heavy atom. The first kappa shape index (κ1) is 21.1. The summed E-state index contributed by atoms with van der Waals surface area (Å²) in [6, 6.07) is 8.14. The van der Waals surface area contributed by atoms with Gasteiger partial charge in [-0.3, -0.25) is 4.79 Å². The van der Waals surface area contributed by atoms with E-state index in [1.165, 1.54) is 0 Å². The maximum absolute atomic E-state index is 12.6. The number of rotatable bonds is 7. The SMILES string of the molecule is CCOc1ccc(-c2csc3ncnc(SCCC(=O)N4CCCNCC4)c23)cc1. The van der Waals surface area contributed by atoms with Crippen molar-refractivity contribution in [2.45, 2.75) is 24.8 Å². The molecule has 1 amide bonds. The van der Waals surface area contributed by atoms with E-state index >= 15 is 0 Å². The average Bonchev–Trinajstić information content (AvgIpc) is 3.01. The number of ether oxygens (including phenoxy) is 1. The number of carbonyl (C=O) groups is 1. The van der Waals surface area contributed by atoms with Crippen LogP contribution in [0.2, 0.25) is 0 Å². The lowest BCUT2D eigenvalue weighted by Crippen LogP contribution is -2.34. The molecule has 1 aromatic carbocycles. The molecule has 6 nitrogen and oxygen atoms in total. The van der Waals surface area contributed by atoms with Gasteiger partial charge in [-0.05, 0) is 37.6 Å².